The fourth-order valence-corrected chi connectivity index (χ4v) is 4.48. The van der Waals surface area contributed by atoms with E-state index >= 15 is 0 Å². The summed E-state index contributed by atoms with van der Waals surface area (Å²) < 4.78 is 24.0. The van der Waals surface area contributed by atoms with Gasteiger partial charge in [0, 0.05) is 31.9 Å². The summed E-state index contributed by atoms with van der Waals surface area (Å²) >= 11 is 0. The molecule has 32 heavy (non-hydrogen) atoms. The Kier molecular flexibility index (Phi) is 7.49. The minimum absolute atomic E-state index is 0.158. The van der Waals surface area contributed by atoms with E-state index < -0.39 is 0 Å². The lowest BCUT2D eigenvalue weighted by Gasteiger charge is -2.29. The highest BCUT2D eigenvalue weighted by molar-refractivity contribution is 5.69. The van der Waals surface area contributed by atoms with Gasteiger partial charge in [0.25, 0.3) is 0 Å². The minimum atomic E-state index is -0.194. The average Bonchev–Trinajstić information content (AvgIpc) is 3.18. The molecule has 0 N–H and O–H groups in total. The van der Waals surface area contributed by atoms with Crippen molar-refractivity contribution in [1.29, 1.82) is 0 Å². The molecule has 0 aromatic carbocycles. The lowest BCUT2D eigenvalue weighted by atomic mass is 9.85. The molecule has 4 rings (SSSR count). The number of hydrogen-bond acceptors (Lipinski definition) is 8. The molecule has 4 heterocycles. The predicted molar refractivity (Wildman–Crippen MR) is 116 cm³/mol. The number of rotatable bonds is 7. The predicted octanol–water partition coefficient (Wildman–Crippen LogP) is 2.91. The van der Waals surface area contributed by atoms with Gasteiger partial charge in [-0.25, -0.2) is 4.68 Å². The molecule has 0 bridgehead atoms. The molecule has 2 saturated heterocycles. The molecule has 2 aromatic rings. The molecule has 0 radical (unpaired) electrons. The van der Waals surface area contributed by atoms with Gasteiger partial charge in [0.2, 0.25) is 0 Å². The number of carbonyl (C=O) groups excluding carboxylic acids is 1. The maximum absolute atomic E-state index is 11.7. The summed E-state index contributed by atoms with van der Waals surface area (Å²) in [5.41, 5.74) is 4.44. The molecule has 2 aliphatic heterocycles. The Morgan fingerprint density at radius 3 is 2.91 bits per heavy atom. The number of nitrogens with zero attached hydrogens (tertiary/aromatic N) is 4. The van der Waals surface area contributed by atoms with Gasteiger partial charge in [-0.05, 0) is 50.2 Å². The summed E-state index contributed by atoms with van der Waals surface area (Å²) in [6.45, 7) is 4.34. The highest BCUT2D eigenvalue weighted by Crippen LogP contribution is 2.33. The second kappa shape index (κ2) is 10.5. The van der Waals surface area contributed by atoms with Crippen molar-refractivity contribution in [2.45, 2.75) is 57.8 Å². The second-order valence-electron chi connectivity index (χ2n) is 8.60. The number of methoxy groups -OCH3 is 1. The van der Waals surface area contributed by atoms with E-state index in [-0.39, 0.29) is 24.1 Å². The zero-order valence-electron chi connectivity index (χ0n) is 19.1. The first-order valence-corrected chi connectivity index (χ1v) is 11.3. The Bertz CT molecular complexity index is 925. The van der Waals surface area contributed by atoms with Crippen molar-refractivity contribution in [3.8, 4) is 11.4 Å². The fraction of sp³-hybridized carbons (Fsp3) is 0.652. The smallest absolute Gasteiger partial charge is 0.305 e. The molecule has 0 aliphatic carbocycles. The van der Waals surface area contributed by atoms with E-state index in [1.165, 1.54) is 7.11 Å². The Labute approximate surface area is 188 Å². The standard InChI is InChI=1S/C23H32N4O5/c1-15-18(17-10-16(12-30-13-17)11-21(28)29-3)7-8-19(24-15)23-20(27(2)26-25-23)14-32-22-6-4-5-9-31-22/h7-8,16-17,22H,4-6,9-14H2,1-3H3. The average molecular weight is 445 g/mol. The van der Waals surface area contributed by atoms with Gasteiger partial charge in [-0.3, -0.25) is 9.78 Å². The van der Waals surface area contributed by atoms with Gasteiger partial charge in [0.1, 0.15) is 5.69 Å². The van der Waals surface area contributed by atoms with E-state index in [2.05, 4.69) is 16.4 Å². The van der Waals surface area contributed by atoms with E-state index in [9.17, 15) is 4.79 Å². The molecule has 0 amide bonds. The van der Waals surface area contributed by atoms with Crippen LogP contribution in [0.15, 0.2) is 12.1 Å². The second-order valence-corrected chi connectivity index (χ2v) is 8.60. The van der Waals surface area contributed by atoms with Crippen molar-refractivity contribution in [1.82, 2.24) is 20.0 Å². The van der Waals surface area contributed by atoms with Crippen molar-refractivity contribution >= 4 is 5.97 Å². The zero-order chi connectivity index (χ0) is 22.5. The molecular formula is C23H32N4O5. The van der Waals surface area contributed by atoms with Crippen molar-refractivity contribution in [3.63, 3.8) is 0 Å². The Morgan fingerprint density at radius 2 is 2.16 bits per heavy atom. The molecule has 2 aromatic heterocycles. The summed E-state index contributed by atoms with van der Waals surface area (Å²) in [6, 6.07) is 4.08. The summed E-state index contributed by atoms with van der Waals surface area (Å²) in [7, 11) is 3.28. The lowest BCUT2D eigenvalue weighted by Crippen LogP contribution is -2.27. The zero-order valence-corrected chi connectivity index (χ0v) is 19.1. The van der Waals surface area contributed by atoms with Gasteiger partial charge in [0.15, 0.2) is 6.29 Å². The van der Waals surface area contributed by atoms with Crippen LogP contribution in [0.2, 0.25) is 0 Å². The van der Waals surface area contributed by atoms with Crippen molar-refractivity contribution in [3.05, 3.63) is 29.1 Å². The Hall–Kier alpha value is -2.36. The molecule has 2 aliphatic rings. The van der Waals surface area contributed by atoms with E-state index in [0.29, 0.717) is 26.2 Å². The summed E-state index contributed by atoms with van der Waals surface area (Å²) in [6.07, 6.45) is 4.20. The number of hydrogen-bond donors (Lipinski definition) is 0. The number of aryl methyl sites for hydroxylation is 2. The molecule has 174 valence electrons. The third-order valence-electron chi connectivity index (χ3n) is 6.27. The molecule has 0 saturated carbocycles. The number of aromatic nitrogens is 4. The lowest BCUT2D eigenvalue weighted by molar-refractivity contribution is -0.169. The maximum Gasteiger partial charge on any atom is 0.305 e. The van der Waals surface area contributed by atoms with Gasteiger partial charge < -0.3 is 18.9 Å². The highest BCUT2D eigenvalue weighted by Gasteiger charge is 2.28. The topological polar surface area (TPSA) is 97.6 Å². The van der Waals surface area contributed by atoms with Crippen LogP contribution in [0, 0.1) is 12.8 Å². The van der Waals surface area contributed by atoms with E-state index in [1.807, 2.05) is 20.0 Å². The van der Waals surface area contributed by atoms with Crippen LogP contribution in [0.1, 0.15) is 55.0 Å². The van der Waals surface area contributed by atoms with Crippen LogP contribution < -0.4 is 0 Å². The maximum atomic E-state index is 11.7. The largest absolute Gasteiger partial charge is 0.469 e. The third-order valence-corrected chi connectivity index (χ3v) is 6.27. The number of pyridine rings is 1. The van der Waals surface area contributed by atoms with Gasteiger partial charge in [-0.2, -0.15) is 0 Å². The summed E-state index contributed by atoms with van der Waals surface area (Å²) in [4.78, 5) is 16.5. The van der Waals surface area contributed by atoms with E-state index in [4.69, 9.17) is 23.9 Å². The number of esters is 1. The van der Waals surface area contributed by atoms with Gasteiger partial charge in [-0.1, -0.05) is 11.3 Å². The van der Waals surface area contributed by atoms with Gasteiger partial charge >= 0.3 is 5.97 Å². The molecule has 2 fully saturated rings. The quantitative estimate of drug-likeness (QED) is 0.602. The van der Waals surface area contributed by atoms with Crippen molar-refractivity contribution in [2.24, 2.45) is 13.0 Å². The highest BCUT2D eigenvalue weighted by atomic mass is 16.7. The molecule has 3 unspecified atom stereocenters. The van der Waals surface area contributed by atoms with Crippen LogP contribution >= 0.6 is 0 Å². The van der Waals surface area contributed by atoms with Crippen molar-refractivity contribution < 1.29 is 23.7 Å². The van der Waals surface area contributed by atoms with Crippen LogP contribution in [0.5, 0.6) is 0 Å². The molecule has 3 atom stereocenters. The number of ether oxygens (including phenoxy) is 4. The fourth-order valence-electron chi connectivity index (χ4n) is 4.48. The summed E-state index contributed by atoms with van der Waals surface area (Å²) in [5.74, 6) is 0.166. The number of carbonyl (C=O) groups is 1. The van der Waals surface area contributed by atoms with Crippen molar-refractivity contribution in [2.75, 3.05) is 26.9 Å². The molecular weight excluding hydrogens is 412 g/mol. The monoisotopic (exact) mass is 444 g/mol. The van der Waals surface area contributed by atoms with Crippen LogP contribution in [0.4, 0.5) is 0 Å². The van der Waals surface area contributed by atoms with Crippen LogP contribution in [-0.4, -0.2) is 59.2 Å². The molecule has 9 heteroatoms. The van der Waals surface area contributed by atoms with Gasteiger partial charge in [0.05, 0.1) is 38.1 Å². The SMILES string of the molecule is COC(=O)CC1COCC(c2ccc(-c3nnn(C)c3COC3CCCCO3)nc2C)C1. The Morgan fingerprint density at radius 1 is 1.28 bits per heavy atom. The van der Waals surface area contributed by atoms with Gasteiger partial charge in [-0.15, -0.1) is 5.10 Å². The van der Waals surface area contributed by atoms with Crippen LogP contribution in [0.3, 0.4) is 0 Å². The first-order valence-electron chi connectivity index (χ1n) is 11.3. The van der Waals surface area contributed by atoms with Crippen LogP contribution in [-0.2, 0) is 37.4 Å². The van der Waals surface area contributed by atoms with E-state index in [0.717, 1.165) is 60.6 Å². The van der Waals surface area contributed by atoms with E-state index in [1.54, 1.807) is 4.68 Å². The first kappa shape index (κ1) is 22.8. The minimum Gasteiger partial charge on any atom is -0.469 e. The molecule has 0 spiro atoms. The first-order chi connectivity index (χ1) is 15.5. The molecule has 9 nitrogen and oxygen atoms in total. The third kappa shape index (κ3) is 5.33. The Balaban J connectivity index is 1.47. The normalized spacial score (nSPS) is 23.8. The summed E-state index contributed by atoms with van der Waals surface area (Å²) in [5, 5.41) is 8.53. The van der Waals surface area contributed by atoms with Crippen LogP contribution in [0.25, 0.3) is 11.4 Å².